The number of pyridine rings is 1. The molecule has 7 heteroatoms. The highest BCUT2D eigenvalue weighted by atomic mass is 35.5. The van der Waals surface area contributed by atoms with Crippen LogP contribution in [0, 0.1) is 6.92 Å². The third-order valence-electron chi connectivity index (χ3n) is 3.44. The maximum absolute atomic E-state index is 6.07. The van der Waals surface area contributed by atoms with Gasteiger partial charge in [-0.05, 0) is 24.6 Å². The molecule has 3 rings (SSSR count). The number of aromatic nitrogens is 4. The molecule has 0 aliphatic rings. The Labute approximate surface area is 144 Å². The number of nitrogens with zero attached hydrogens (tertiary/aromatic N) is 4. The number of anilines is 1. The van der Waals surface area contributed by atoms with E-state index >= 15 is 0 Å². The quantitative estimate of drug-likeness (QED) is 0.733. The molecule has 0 unspecified atom stereocenters. The zero-order valence-corrected chi connectivity index (χ0v) is 14.1. The molecule has 6 nitrogen and oxygen atoms in total. The number of rotatable bonds is 4. The molecule has 0 fully saturated rings. The molecule has 0 atom stereocenters. The van der Waals surface area contributed by atoms with E-state index in [1.165, 1.54) is 0 Å². The van der Waals surface area contributed by atoms with E-state index in [0.29, 0.717) is 23.1 Å². The number of benzene rings is 1. The predicted molar refractivity (Wildman–Crippen MR) is 93.4 cm³/mol. The van der Waals surface area contributed by atoms with Crippen LogP contribution >= 0.6 is 11.6 Å². The molecule has 0 bridgehead atoms. The number of halogens is 1. The molecule has 0 amide bonds. The van der Waals surface area contributed by atoms with Crippen LogP contribution in [0.25, 0.3) is 22.5 Å². The predicted octanol–water partition coefficient (Wildman–Crippen LogP) is 3.29. The fourth-order valence-electron chi connectivity index (χ4n) is 2.42. The average molecular weight is 342 g/mol. The minimum Gasteiger partial charge on any atom is -0.380 e. The molecule has 0 saturated carbocycles. The van der Waals surface area contributed by atoms with Crippen molar-refractivity contribution in [3.05, 3.63) is 52.8 Å². The van der Waals surface area contributed by atoms with Gasteiger partial charge in [-0.1, -0.05) is 35.9 Å². The largest absolute Gasteiger partial charge is 0.380 e. The molecule has 24 heavy (non-hydrogen) atoms. The van der Waals surface area contributed by atoms with Gasteiger partial charge in [-0.15, -0.1) is 10.2 Å². The van der Waals surface area contributed by atoms with Crippen LogP contribution in [0.4, 0.5) is 5.95 Å². The summed E-state index contributed by atoms with van der Waals surface area (Å²) in [5, 5.41) is 8.49. The third kappa shape index (κ3) is 3.50. The fraction of sp³-hybridized carbons (Fsp3) is 0.176. The zero-order chi connectivity index (χ0) is 17.1. The first-order chi connectivity index (χ1) is 11.6. The van der Waals surface area contributed by atoms with Crippen LogP contribution in [0.2, 0.25) is 5.15 Å². The first-order valence-electron chi connectivity index (χ1n) is 7.30. The van der Waals surface area contributed by atoms with Gasteiger partial charge in [0.05, 0.1) is 6.61 Å². The highest BCUT2D eigenvalue weighted by Gasteiger charge is 2.14. The van der Waals surface area contributed by atoms with Gasteiger partial charge in [-0.25, -0.2) is 9.97 Å². The number of nitrogens with two attached hydrogens (primary N) is 1. The highest BCUT2D eigenvalue weighted by molar-refractivity contribution is 6.29. The van der Waals surface area contributed by atoms with Crippen LogP contribution in [0.15, 0.2) is 36.4 Å². The van der Waals surface area contributed by atoms with E-state index in [9.17, 15) is 0 Å². The van der Waals surface area contributed by atoms with E-state index in [0.717, 1.165) is 22.4 Å². The molecule has 2 N–H and O–H groups in total. The van der Waals surface area contributed by atoms with E-state index < -0.39 is 0 Å². The van der Waals surface area contributed by atoms with Crippen molar-refractivity contribution in [2.75, 3.05) is 12.8 Å². The van der Waals surface area contributed by atoms with Gasteiger partial charge in [0, 0.05) is 23.9 Å². The Balaban J connectivity index is 2.11. The van der Waals surface area contributed by atoms with Crippen molar-refractivity contribution in [1.29, 1.82) is 0 Å². The molecule has 2 aromatic heterocycles. The van der Waals surface area contributed by atoms with Crippen molar-refractivity contribution in [3.63, 3.8) is 0 Å². The van der Waals surface area contributed by atoms with E-state index in [4.69, 9.17) is 22.1 Å². The molecule has 0 aliphatic heterocycles. The maximum Gasteiger partial charge on any atom is 0.240 e. The van der Waals surface area contributed by atoms with Crippen LogP contribution in [0.5, 0.6) is 0 Å². The van der Waals surface area contributed by atoms with Crippen LogP contribution < -0.4 is 5.73 Å². The van der Waals surface area contributed by atoms with Gasteiger partial charge in [-0.2, -0.15) is 0 Å². The molecule has 1 aromatic carbocycles. The smallest absolute Gasteiger partial charge is 0.240 e. The van der Waals surface area contributed by atoms with Gasteiger partial charge >= 0.3 is 0 Å². The lowest BCUT2D eigenvalue weighted by Crippen LogP contribution is -2.03. The Morgan fingerprint density at radius 1 is 1.00 bits per heavy atom. The summed E-state index contributed by atoms with van der Waals surface area (Å²) in [6.07, 6.45) is 0. The van der Waals surface area contributed by atoms with E-state index in [2.05, 4.69) is 20.2 Å². The molecule has 0 saturated heterocycles. The second-order valence-corrected chi connectivity index (χ2v) is 5.70. The molecular formula is C17H16ClN5O. The zero-order valence-electron chi connectivity index (χ0n) is 13.3. The summed E-state index contributed by atoms with van der Waals surface area (Å²) in [6, 6.07) is 11.5. The fourth-order valence-corrected chi connectivity index (χ4v) is 2.68. The summed E-state index contributed by atoms with van der Waals surface area (Å²) in [7, 11) is 1.66. The Kier molecular flexibility index (Phi) is 4.69. The van der Waals surface area contributed by atoms with Gasteiger partial charge in [-0.3, -0.25) is 0 Å². The number of hydrogen-bond acceptors (Lipinski definition) is 6. The van der Waals surface area contributed by atoms with Crippen molar-refractivity contribution >= 4 is 17.5 Å². The molecule has 0 spiro atoms. The van der Waals surface area contributed by atoms with Gasteiger partial charge in [0.2, 0.25) is 5.95 Å². The lowest BCUT2D eigenvalue weighted by Gasteiger charge is -2.09. The Morgan fingerprint density at radius 2 is 1.75 bits per heavy atom. The Hall–Kier alpha value is -2.57. The van der Waals surface area contributed by atoms with Crippen molar-refractivity contribution in [1.82, 2.24) is 20.2 Å². The van der Waals surface area contributed by atoms with Gasteiger partial charge in [0.25, 0.3) is 0 Å². The topological polar surface area (TPSA) is 86.8 Å². The molecule has 0 radical (unpaired) electrons. The summed E-state index contributed by atoms with van der Waals surface area (Å²) >= 11 is 6.07. The normalized spacial score (nSPS) is 10.8. The van der Waals surface area contributed by atoms with E-state index in [1.54, 1.807) is 13.2 Å². The molecule has 0 aliphatic carbocycles. The van der Waals surface area contributed by atoms with Crippen molar-refractivity contribution < 1.29 is 4.74 Å². The third-order valence-corrected chi connectivity index (χ3v) is 3.63. The van der Waals surface area contributed by atoms with Crippen LogP contribution in [0.3, 0.4) is 0 Å². The first kappa shape index (κ1) is 16.3. The number of methoxy groups -OCH3 is 1. The summed E-state index contributed by atoms with van der Waals surface area (Å²) < 4.78 is 5.13. The van der Waals surface area contributed by atoms with Gasteiger partial charge < -0.3 is 10.5 Å². The number of ether oxygens (including phenoxy) is 1. The van der Waals surface area contributed by atoms with Crippen LogP contribution in [0.1, 0.15) is 11.3 Å². The molecule has 122 valence electrons. The van der Waals surface area contributed by atoms with Gasteiger partial charge in [0.15, 0.2) is 0 Å². The van der Waals surface area contributed by atoms with Crippen LogP contribution in [-0.4, -0.2) is 27.3 Å². The lowest BCUT2D eigenvalue weighted by molar-refractivity contribution is 0.185. The maximum atomic E-state index is 6.07. The second-order valence-electron chi connectivity index (χ2n) is 5.32. The first-order valence-corrected chi connectivity index (χ1v) is 7.67. The minimum atomic E-state index is 0.117. The van der Waals surface area contributed by atoms with Crippen molar-refractivity contribution in [2.24, 2.45) is 0 Å². The van der Waals surface area contributed by atoms with Crippen molar-refractivity contribution in [3.8, 4) is 22.5 Å². The summed E-state index contributed by atoms with van der Waals surface area (Å²) in [6.45, 7) is 2.42. The summed E-state index contributed by atoms with van der Waals surface area (Å²) in [4.78, 5) is 8.53. The summed E-state index contributed by atoms with van der Waals surface area (Å²) in [5.41, 5.74) is 10.5. The standard InChI is InChI=1S/C17H16ClN5O/c1-10-7-13(8-14(18)20-10)16-15(21-17(19)23-22-16)12-5-3-11(4-6-12)9-24-2/h3-8H,9H2,1-2H3,(H2,19,21,23). The Bertz CT molecular complexity index is 847. The number of hydrogen-bond donors (Lipinski definition) is 1. The molecular weight excluding hydrogens is 326 g/mol. The highest BCUT2D eigenvalue weighted by Crippen LogP contribution is 2.30. The number of nitrogen functional groups attached to an aromatic ring is 1. The second kappa shape index (κ2) is 6.90. The Morgan fingerprint density at radius 3 is 2.42 bits per heavy atom. The average Bonchev–Trinajstić information content (AvgIpc) is 2.55. The van der Waals surface area contributed by atoms with E-state index in [-0.39, 0.29) is 5.95 Å². The monoisotopic (exact) mass is 341 g/mol. The summed E-state index contributed by atoms with van der Waals surface area (Å²) in [5.74, 6) is 0.117. The van der Waals surface area contributed by atoms with Gasteiger partial charge in [0.1, 0.15) is 16.5 Å². The van der Waals surface area contributed by atoms with E-state index in [1.807, 2.05) is 37.3 Å². The minimum absolute atomic E-state index is 0.117. The lowest BCUT2D eigenvalue weighted by atomic mass is 10.0. The van der Waals surface area contributed by atoms with Crippen molar-refractivity contribution in [2.45, 2.75) is 13.5 Å². The number of aryl methyl sites for hydroxylation is 1. The van der Waals surface area contributed by atoms with Crippen LogP contribution in [-0.2, 0) is 11.3 Å². The SMILES string of the molecule is COCc1ccc(-c2nc(N)nnc2-c2cc(C)nc(Cl)c2)cc1. The molecule has 2 heterocycles. The molecule has 3 aromatic rings.